The second-order valence-electron chi connectivity index (χ2n) is 9.42. The molecule has 27 heavy (non-hydrogen) atoms. The second-order valence-corrected chi connectivity index (χ2v) is 9.42. The maximum Gasteiger partial charge on any atom is 0.159 e. The van der Waals surface area contributed by atoms with Gasteiger partial charge in [-0.2, -0.15) is 0 Å². The van der Waals surface area contributed by atoms with Crippen LogP contribution < -0.4 is 0 Å². The van der Waals surface area contributed by atoms with Crippen LogP contribution in [0.15, 0.2) is 24.3 Å². The van der Waals surface area contributed by atoms with Gasteiger partial charge in [-0.25, -0.2) is 0 Å². The molecule has 0 spiro atoms. The van der Waals surface area contributed by atoms with Crippen LogP contribution >= 0.6 is 0 Å². The summed E-state index contributed by atoms with van der Waals surface area (Å²) < 4.78 is 0. The van der Waals surface area contributed by atoms with Gasteiger partial charge in [0.25, 0.3) is 0 Å². The van der Waals surface area contributed by atoms with E-state index in [1.54, 1.807) is 6.92 Å². The molecule has 0 heterocycles. The summed E-state index contributed by atoms with van der Waals surface area (Å²) in [6.07, 6.45) is 18.7. The van der Waals surface area contributed by atoms with E-state index in [1.165, 1.54) is 89.0 Å². The van der Waals surface area contributed by atoms with E-state index in [2.05, 4.69) is 19.1 Å². The molecule has 0 amide bonds. The predicted octanol–water partition coefficient (Wildman–Crippen LogP) is 7.94. The van der Waals surface area contributed by atoms with Crippen LogP contribution in [0.4, 0.5) is 0 Å². The number of hydrogen-bond donors (Lipinski definition) is 0. The molecule has 1 nitrogen and oxygen atoms in total. The summed E-state index contributed by atoms with van der Waals surface area (Å²) in [4.78, 5) is 11.5. The number of Topliss-reactive ketones (excluding diaryl/α,β-unsaturated/α-hetero) is 1. The summed E-state index contributed by atoms with van der Waals surface area (Å²) in [5, 5.41) is 0. The lowest BCUT2D eigenvalue weighted by molar-refractivity contribution is 0.101. The zero-order valence-electron chi connectivity index (χ0n) is 17.7. The minimum absolute atomic E-state index is 0.172. The molecule has 0 aromatic heterocycles. The molecule has 0 aliphatic heterocycles. The van der Waals surface area contributed by atoms with Crippen LogP contribution in [0.5, 0.6) is 0 Å². The van der Waals surface area contributed by atoms with Gasteiger partial charge in [-0.05, 0) is 74.7 Å². The topological polar surface area (TPSA) is 17.1 Å². The molecular weight excluding hydrogens is 328 g/mol. The van der Waals surface area contributed by atoms with Crippen molar-refractivity contribution in [2.45, 2.75) is 103 Å². The first-order valence-corrected chi connectivity index (χ1v) is 11.8. The van der Waals surface area contributed by atoms with E-state index in [0.29, 0.717) is 0 Å². The van der Waals surface area contributed by atoms with Gasteiger partial charge in [0.1, 0.15) is 0 Å². The summed E-state index contributed by atoms with van der Waals surface area (Å²) >= 11 is 0. The zero-order valence-corrected chi connectivity index (χ0v) is 17.7. The Balaban J connectivity index is 1.39. The Morgan fingerprint density at radius 3 is 1.96 bits per heavy atom. The number of rotatable bonds is 8. The number of hydrogen-bond acceptors (Lipinski definition) is 1. The first-order chi connectivity index (χ1) is 13.2. The van der Waals surface area contributed by atoms with E-state index in [0.717, 1.165) is 29.2 Å². The Kier molecular flexibility index (Phi) is 7.97. The molecule has 1 heteroatoms. The zero-order chi connectivity index (χ0) is 19.1. The molecule has 1 aromatic rings. The highest BCUT2D eigenvalue weighted by molar-refractivity contribution is 5.94. The Morgan fingerprint density at radius 1 is 0.815 bits per heavy atom. The number of carbonyl (C=O) groups is 1. The summed E-state index contributed by atoms with van der Waals surface area (Å²) in [5.74, 6) is 3.93. The van der Waals surface area contributed by atoms with Gasteiger partial charge < -0.3 is 0 Å². The SMILES string of the molecule is CCCCCC[C@H]1CC[C@H]([C@H]2CC[C@H](c3ccc(C(C)=O)cc3)CC2)CC1. The highest BCUT2D eigenvalue weighted by Crippen LogP contribution is 2.44. The van der Waals surface area contributed by atoms with E-state index in [9.17, 15) is 4.79 Å². The minimum Gasteiger partial charge on any atom is -0.295 e. The summed E-state index contributed by atoms with van der Waals surface area (Å²) in [6, 6.07) is 8.44. The molecule has 0 unspecified atom stereocenters. The van der Waals surface area contributed by atoms with Crippen LogP contribution in [-0.4, -0.2) is 5.78 Å². The van der Waals surface area contributed by atoms with Crippen molar-refractivity contribution in [1.82, 2.24) is 0 Å². The lowest BCUT2D eigenvalue weighted by Gasteiger charge is -2.38. The molecule has 0 N–H and O–H groups in total. The van der Waals surface area contributed by atoms with E-state index >= 15 is 0 Å². The van der Waals surface area contributed by atoms with Crippen molar-refractivity contribution in [2.24, 2.45) is 17.8 Å². The summed E-state index contributed by atoms with van der Waals surface area (Å²) in [5.41, 5.74) is 2.30. The standard InChI is InChI=1S/C26H40O/c1-3-4-5-6-7-21-8-10-23(11-9-21)25-16-18-26(19-17-25)24-14-12-22(13-15-24)20(2)27/h12-15,21,23,25-26H,3-11,16-19H2,1-2H3/t21-,23-,25-,26-. The average molecular weight is 369 g/mol. The molecule has 0 atom stereocenters. The first-order valence-electron chi connectivity index (χ1n) is 11.8. The average Bonchev–Trinajstić information content (AvgIpc) is 2.72. The van der Waals surface area contributed by atoms with Gasteiger partial charge in [0.05, 0.1) is 0 Å². The van der Waals surface area contributed by atoms with E-state index < -0.39 is 0 Å². The van der Waals surface area contributed by atoms with Gasteiger partial charge in [0.2, 0.25) is 0 Å². The van der Waals surface area contributed by atoms with Gasteiger partial charge in [-0.15, -0.1) is 0 Å². The van der Waals surface area contributed by atoms with Crippen LogP contribution in [0, 0.1) is 17.8 Å². The smallest absolute Gasteiger partial charge is 0.159 e. The molecule has 2 aliphatic carbocycles. The van der Waals surface area contributed by atoms with E-state index in [-0.39, 0.29) is 5.78 Å². The van der Waals surface area contributed by atoms with E-state index in [1.807, 2.05) is 12.1 Å². The molecule has 1 aromatic carbocycles. The van der Waals surface area contributed by atoms with Gasteiger partial charge in [0, 0.05) is 5.56 Å². The molecule has 2 aliphatic rings. The second kappa shape index (κ2) is 10.4. The van der Waals surface area contributed by atoms with Crippen molar-refractivity contribution in [3.63, 3.8) is 0 Å². The Labute approximate surface area is 167 Å². The molecule has 2 fully saturated rings. The Bertz CT molecular complexity index is 556. The van der Waals surface area contributed by atoms with Crippen LogP contribution in [0.25, 0.3) is 0 Å². The number of benzene rings is 1. The fourth-order valence-corrected chi connectivity index (χ4v) is 5.72. The predicted molar refractivity (Wildman–Crippen MR) is 115 cm³/mol. The maximum absolute atomic E-state index is 11.5. The van der Waals surface area contributed by atoms with Gasteiger partial charge in [-0.1, -0.05) is 76.1 Å². The van der Waals surface area contributed by atoms with Crippen molar-refractivity contribution >= 4 is 5.78 Å². The molecule has 150 valence electrons. The number of carbonyl (C=O) groups excluding carboxylic acids is 1. The largest absolute Gasteiger partial charge is 0.295 e. The van der Waals surface area contributed by atoms with Gasteiger partial charge >= 0.3 is 0 Å². The van der Waals surface area contributed by atoms with Gasteiger partial charge in [0.15, 0.2) is 5.78 Å². The lowest BCUT2D eigenvalue weighted by Crippen LogP contribution is -2.25. The Hall–Kier alpha value is -1.11. The minimum atomic E-state index is 0.172. The van der Waals surface area contributed by atoms with Crippen molar-refractivity contribution in [3.05, 3.63) is 35.4 Å². The van der Waals surface area contributed by atoms with Crippen LogP contribution in [0.2, 0.25) is 0 Å². The third-order valence-corrected chi connectivity index (χ3v) is 7.58. The van der Waals surface area contributed by atoms with Gasteiger partial charge in [-0.3, -0.25) is 4.79 Å². The fourth-order valence-electron chi connectivity index (χ4n) is 5.72. The summed E-state index contributed by atoms with van der Waals surface area (Å²) in [6.45, 7) is 3.96. The fraction of sp³-hybridized carbons (Fsp3) is 0.731. The van der Waals surface area contributed by atoms with Crippen molar-refractivity contribution < 1.29 is 4.79 Å². The highest BCUT2D eigenvalue weighted by Gasteiger charge is 2.31. The third kappa shape index (κ3) is 5.93. The van der Waals surface area contributed by atoms with Crippen LogP contribution in [-0.2, 0) is 0 Å². The Morgan fingerprint density at radius 2 is 1.41 bits per heavy atom. The first kappa shape index (κ1) is 20.6. The quantitative estimate of drug-likeness (QED) is 0.336. The monoisotopic (exact) mass is 368 g/mol. The number of ketones is 1. The molecule has 3 rings (SSSR count). The third-order valence-electron chi connectivity index (χ3n) is 7.58. The van der Waals surface area contributed by atoms with Crippen LogP contribution in [0.3, 0.4) is 0 Å². The summed E-state index contributed by atoms with van der Waals surface area (Å²) in [7, 11) is 0. The van der Waals surface area contributed by atoms with Crippen molar-refractivity contribution in [3.8, 4) is 0 Å². The van der Waals surface area contributed by atoms with Crippen molar-refractivity contribution in [1.29, 1.82) is 0 Å². The highest BCUT2D eigenvalue weighted by atomic mass is 16.1. The maximum atomic E-state index is 11.5. The molecule has 0 bridgehead atoms. The molecular formula is C26H40O. The van der Waals surface area contributed by atoms with E-state index in [4.69, 9.17) is 0 Å². The molecule has 2 saturated carbocycles. The molecule has 0 saturated heterocycles. The van der Waals surface area contributed by atoms with Crippen LogP contribution in [0.1, 0.15) is 119 Å². The van der Waals surface area contributed by atoms with Crippen molar-refractivity contribution in [2.75, 3.05) is 0 Å². The lowest BCUT2D eigenvalue weighted by atomic mass is 9.68. The molecule has 0 radical (unpaired) electrons. The number of unbranched alkanes of at least 4 members (excludes halogenated alkanes) is 3. The normalized spacial score (nSPS) is 28.8.